The van der Waals surface area contributed by atoms with E-state index in [1.165, 1.54) is 19.3 Å². The van der Waals surface area contributed by atoms with Gasteiger partial charge in [0.2, 0.25) is 5.91 Å². The lowest BCUT2D eigenvalue weighted by Crippen LogP contribution is -2.54. The molecular formula is C12H25N3O. The molecule has 1 rings (SSSR count). The first-order chi connectivity index (χ1) is 7.65. The van der Waals surface area contributed by atoms with E-state index in [0.717, 1.165) is 13.0 Å². The summed E-state index contributed by atoms with van der Waals surface area (Å²) < 4.78 is 0. The molecule has 0 aromatic heterocycles. The molecule has 0 aromatic carbocycles. The van der Waals surface area contributed by atoms with E-state index in [2.05, 4.69) is 36.5 Å². The number of carbonyl (C=O) groups is 1. The van der Waals surface area contributed by atoms with E-state index >= 15 is 0 Å². The van der Waals surface area contributed by atoms with Gasteiger partial charge in [0.25, 0.3) is 0 Å². The number of nitrogens with one attached hydrogen (secondary N) is 2. The molecule has 1 amide bonds. The van der Waals surface area contributed by atoms with Gasteiger partial charge in [-0.1, -0.05) is 13.3 Å². The minimum absolute atomic E-state index is 0.0897. The Labute approximate surface area is 98.7 Å². The Hall–Kier alpha value is -0.610. The van der Waals surface area contributed by atoms with Crippen LogP contribution >= 0.6 is 0 Å². The van der Waals surface area contributed by atoms with Gasteiger partial charge >= 0.3 is 0 Å². The van der Waals surface area contributed by atoms with Crippen LogP contribution in [-0.4, -0.2) is 36.1 Å². The molecule has 2 atom stereocenters. The Morgan fingerprint density at radius 2 is 1.94 bits per heavy atom. The van der Waals surface area contributed by atoms with Crippen molar-refractivity contribution in [2.24, 2.45) is 0 Å². The van der Waals surface area contributed by atoms with Gasteiger partial charge in [0.1, 0.15) is 0 Å². The number of nitrogens with zero attached hydrogens (tertiary/aromatic N) is 1. The molecule has 1 fully saturated rings. The summed E-state index contributed by atoms with van der Waals surface area (Å²) in [4.78, 5) is 11.5. The lowest BCUT2D eigenvalue weighted by Gasteiger charge is -2.38. The molecule has 0 spiro atoms. The monoisotopic (exact) mass is 227 g/mol. The van der Waals surface area contributed by atoms with Gasteiger partial charge < -0.3 is 5.32 Å². The molecule has 2 N–H and O–H groups in total. The quantitative estimate of drug-likeness (QED) is 0.743. The third-order valence-corrected chi connectivity index (χ3v) is 3.19. The largest absolute Gasteiger partial charge is 0.355 e. The predicted molar refractivity (Wildman–Crippen MR) is 65.9 cm³/mol. The van der Waals surface area contributed by atoms with Crippen LogP contribution in [0.4, 0.5) is 0 Å². The van der Waals surface area contributed by atoms with Crippen LogP contribution in [0.1, 0.15) is 46.5 Å². The van der Waals surface area contributed by atoms with E-state index in [-0.39, 0.29) is 5.91 Å². The molecule has 0 aliphatic carbocycles. The average molecular weight is 227 g/mol. The Balaban J connectivity index is 2.26. The van der Waals surface area contributed by atoms with Crippen molar-refractivity contribution in [1.29, 1.82) is 0 Å². The summed E-state index contributed by atoms with van der Waals surface area (Å²) in [7, 11) is 0. The van der Waals surface area contributed by atoms with E-state index in [9.17, 15) is 4.79 Å². The number of hydrazine groups is 1. The first-order valence-corrected chi connectivity index (χ1v) is 6.43. The van der Waals surface area contributed by atoms with Gasteiger partial charge in [0.05, 0.1) is 6.54 Å². The molecule has 1 aliphatic rings. The van der Waals surface area contributed by atoms with Crippen LogP contribution in [-0.2, 0) is 4.79 Å². The lowest BCUT2D eigenvalue weighted by atomic mass is 10.00. The zero-order valence-corrected chi connectivity index (χ0v) is 10.8. The SMILES string of the molecule is CCCNC(=O)CNN1C(C)CCCC1C. The lowest BCUT2D eigenvalue weighted by molar-refractivity contribution is -0.121. The first kappa shape index (κ1) is 13.5. The molecule has 2 unspecified atom stereocenters. The van der Waals surface area contributed by atoms with Gasteiger partial charge in [-0.2, -0.15) is 0 Å². The second-order valence-electron chi connectivity index (χ2n) is 4.72. The van der Waals surface area contributed by atoms with Crippen LogP contribution in [0.5, 0.6) is 0 Å². The van der Waals surface area contributed by atoms with Crippen LogP contribution in [0.25, 0.3) is 0 Å². The molecule has 1 heterocycles. The Morgan fingerprint density at radius 3 is 2.50 bits per heavy atom. The molecule has 0 bridgehead atoms. The van der Waals surface area contributed by atoms with Crippen molar-refractivity contribution in [2.75, 3.05) is 13.1 Å². The van der Waals surface area contributed by atoms with Crippen LogP contribution in [0.2, 0.25) is 0 Å². The van der Waals surface area contributed by atoms with Crippen molar-refractivity contribution in [3.63, 3.8) is 0 Å². The van der Waals surface area contributed by atoms with Crippen LogP contribution in [0, 0.1) is 0 Å². The molecule has 94 valence electrons. The summed E-state index contributed by atoms with van der Waals surface area (Å²) in [5.74, 6) is 0.0897. The van der Waals surface area contributed by atoms with Gasteiger partial charge in [0, 0.05) is 18.6 Å². The summed E-state index contributed by atoms with van der Waals surface area (Å²) in [6.07, 6.45) is 4.71. The highest BCUT2D eigenvalue weighted by Crippen LogP contribution is 2.19. The predicted octanol–water partition coefficient (Wildman–Crippen LogP) is 1.28. The normalized spacial score (nSPS) is 26.7. The van der Waals surface area contributed by atoms with E-state index < -0.39 is 0 Å². The van der Waals surface area contributed by atoms with Crippen molar-refractivity contribution in [3.05, 3.63) is 0 Å². The van der Waals surface area contributed by atoms with E-state index in [1.54, 1.807) is 0 Å². The smallest absolute Gasteiger partial charge is 0.235 e. The fraction of sp³-hybridized carbons (Fsp3) is 0.917. The molecule has 4 nitrogen and oxygen atoms in total. The summed E-state index contributed by atoms with van der Waals surface area (Å²) in [5.41, 5.74) is 3.25. The number of amides is 1. The van der Waals surface area contributed by atoms with Gasteiger partial charge in [0.15, 0.2) is 0 Å². The first-order valence-electron chi connectivity index (χ1n) is 6.43. The molecule has 1 saturated heterocycles. The molecule has 0 radical (unpaired) electrons. The minimum Gasteiger partial charge on any atom is -0.355 e. The summed E-state index contributed by atoms with van der Waals surface area (Å²) in [5, 5.41) is 5.10. The maximum absolute atomic E-state index is 11.5. The van der Waals surface area contributed by atoms with Crippen molar-refractivity contribution in [1.82, 2.24) is 15.8 Å². The van der Waals surface area contributed by atoms with E-state index in [1.807, 2.05) is 0 Å². The topological polar surface area (TPSA) is 44.4 Å². The number of piperidine rings is 1. The average Bonchev–Trinajstić information content (AvgIpc) is 2.25. The fourth-order valence-electron chi connectivity index (χ4n) is 2.22. The summed E-state index contributed by atoms with van der Waals surface area (Å²) >= 11 is 0. The zero-order valence-electron chi connectivity index (χ0n) is 10.8. The number of carbonyl (C=O) groups excluding carboxylic acids is 1. The van der Waals surface area contributed by atoms with E-state index in [0.29, 0.717) is 18.6 Å². The van der Waals surface area contributed by atoms with E-state index in [4.69, 9.17) is 0 Å². The summed E-state index contributed by atoms with van der Waals surface area (Å²) in [6.45, 7) is 7.65. The molecule has 16 heavy (non-hydrogen) atoms. The minimum atomic E-state index is 0.0897. The van der Waals surface area contributed by atoms with Crippen LogP contribution in [0.15, 0.2) is 0 Å². The second-order valence-corrected chi connectivity index (χ2v) is 4.72. The van der Waals surface area contributed by atoms with Crippen LogP contribution < -0.4 is 10.7 Å². The highest BCUT2D eigenvalue weighted by Gasteiger charge is 2.24. The Morgan fingerprint density at radius 1 is 1.31 bits per heavy atom. The number of hydrogen-bond acceptors (Lipinski definition) is 3. The highest BCUT2D eigenvalue weighted by atomic mass is 16.2. The van der Waals surface area contributed by atoms with Crippen molar-refractivity contribution in [3.8, 4) is 0 Å². The van der Waals surface area contributed by atoms with Gasteiger partial charge in [-0.15, -0.1) is 0 Å². The standard InChI is InChI=1S/C12H25N3O/c1-4-8-13-12(16)9-14-15-10(2)6-5-7-11(15)3/h10-11,14H,4-9H2,1-3H3,(H,13,16). The fourth-order valence-corrected chi connectivity index (χ4v) is 2.22. The van der Waals surface area contributed by atoms with Crippen molar-refractivity contribution < 1.29 is 4.79 Å². The second kappa shape index (κ2) is 6.86. The Bertz CT molecular complexity index is 210. The number of rotatable bonds is 5. The van der Waals surface area contributed by atoms with Gasteiger partial charge in [-0.05, 0) is 33.1 Å². The number of hydrogen-bond donors (Lipinski definition) is 2. The van der Waals surface area contributed by atoms with Crippen molar-refractivity contribution in [2.45, 2.75) is 58.5 Å². The summed E-state index contributed by atoms with van der Waals surface area (Å²) in [6, 6.07) is 1.06. The van der Waals surface area contributed by atoms with Gasteiger partial charge in [-0.25, -0.2) is 10.4 Å². The molecule has 4 heteroatoms. The third-order valence-electron chi connectivity index (χ3n) is 3.19. The maximum atomic E-state index is 11.5. The van der Waals surface area contributed by atoms with Crippen molar-refractivity contribution >= 4 is 5.91 Å². The zero-order chi connectivity index (χ0) is 12.0. The third kappa shape index (κ3) is 4.10. The molecule has 0 saturated carbocycles. The highest BCUT2D eigenvalue weighted by molar-refractivity contribution is 5.77. The van der Waals surface area contributed by atoms with Gasteiger partial charge in [-0.3, -0.25) is 4.79 Å². The molecular weight excluding hydrogens is 202 g/mol. The molecule has 0 aromatic rings. The Kier molecular flexibility index (Phi) is 5.77. The maximum Gasteiger partial charge on any atom is 0.235 e. The molecule has 1 aliphatic heterocycles. The van der Waals surface area contributed by atoms with Crippen LogP contribution in [0.3, 0.4) is 0 Å².